The Bertz CT molecular complexity index is 282. The Morgan fingerprint density at radius 2 is 2.13 bits per heavy atom. The second-order valence-corrected chi connectivity index (χ2v) is 4.27. The van der Waals surface area contributed by atoms with Crippen LogP contribution in [0, 0.1) is 11.8 Å². The Hall–Kier alpha value is -0.900. The van der Waals surface area contributed by atoms with E-state index in [0.717, 1.165) is 25.3 Å². The van der Waals surface area contributed by atoms with Gasteiger partial charge in [0.2, 0.25) is 0 Å². The zero-order valence-electron chi connectivity index (χ0n) is 10.2. The Kier molecular flexibility index (Phi) is 4.75. The van der Waals surface area contributed by atoms with Crippen molar-refractivity contribution in [1.29, 1.82) is 0 Å². The molecule has 1 aromatic heterocycles. The van der Waals surface area contributed by atoms with E-state index >= 15 is 0 Å². The van der Waals surface area contributed by atoms with Crippen LogP contribution in [0.15, 0.2) is 6.33 Å². The maximum atomic E-state index is 4.25. The lowest BCUT2D eigenvalue weighted by Gasteiger charge is -2.19. The lowest BCUT2D eigenvalue weighted by atomic mass is 9.92. The molecule has 0 saturated heterocycles. The normalized spacial score (nSPS) is 15.2. The number of nitrogens with zero attached hydrogens (tertiary/aromatic N) is 3. The summed E-state index contributed by atoms with van der Waals surface area (Å²) in [5.74, 6) is 2.37. The van der Waals surface area contributed by atoms with Crippen LogP contribution < -0.4 is 5.32 Å². The molecule has 0 radical (unpaired) electrons. The number of hydrogen-bond donors (Lipinski definition) is 1. The third-order valence-electron chi connectivity index (χ3n) is 3.00. The van der Waals surface area contributed by atoms with Crippen LogP contribution in [-0.4, -0.2) is 27.9 Å². The Balaban J connectivity index is 2.41. The van der Waals surface area contributed by atoms with Crippen molar-refractivity contribution in [3.05, 3.63) is 12.2 Å². The van der Waals surface area contributed by atoms with Gasteiger partial charge < -0.3 is 5.32 Å². The zero-order chi connectivity index (χ0) is 11.3. The van der Waals surface area contributed by atoms with Gasteiger partial charge in [0.05, 0.1) is 0 Å². The van der Waals surface area contributed by atoms with Crippen molar-refractivity contribution in [1.82, 2.24) is 20.1 Å². The minimum Gasteiger partial charge on any atom is -0.317 e. The maximum Gasteiger partial charge on any atom is 0.138 e. The molecular weight excluding hydrogens is 188 g/mol. The van der Waals surface area contributed by atoms with Gasteiger partial charge in [0, 0.05) is 13.5 Å². The molecule has 0 fully saturated rings. The van der Waals surface area contributed by atoms with Crippen molar-refractivity contribution in [2.24, 2.45) is 18.9 Å². The van der Waals surface area contributed by atoms with Gasteiger partial charge in [-0.1, -0.05) is 20.8 Å². The molecule has 1 aromatic rings. The molecule has 86 valence electrons. The first-order chi connectivity index (χ1) is 7.15. The molecule has 4 heteroatoms. The van der Waals surface area contributed by atoms with Gasteiger partial charge in [-0.3, -0.25) is 4.68 Å². The molecule has 0 aliphatic heterocycles. The molecule has 0 saturated carbocycles. The van der Waals surface area contributed by atoms with Crippen LogP contribution in [0.1, 0.15) is 26.6 Å². The van der Waals surface area contributed by atoms with Gasteiger partial charge in [0.15, 0.2) is 0 Å². The van der Waals surface area contributed by atoms with E-state index in [0.29, 0.717) is 11.8 Å². The second kappa shape index (κ2) is 5.85. The predicted octanol–water partition coefficient (Wildman–Crippen LogP) is 1.24. The molecule has 1 heterocycles. The molecule has 0 spiro atoms. The van der Waals surface area contributed by atoms with Gasteiger partial charge in [0.1, 0.15) is 12.2 Å². The summed E-state index contributed by atoms with van der Waals surface area (Å²) in [7, 11) is 1.95. The van der Waals surface area contributed by atoms with E-state index in [-0.39, 0.29) is 0 Å². The van der Waals surface area contributed by atoms with Gasteiger partial charge in [-0.2, -0.15) is 5.10 Å². The SMILES string of the molecule is CCNCC(C)C(C)Cc1ncnn1C. The van der Waals surface area contributed by atoms with Gasteiger partial charge in [0.25, 0.3) is 0 Å². The third kappa shape index (κ3) is 3.63. The van der Waals surface area contributed by atoms with Crippen molar-refractivity contribution in [3.63, 3.8) is 0 Å². The van der Waals surface area contributed by atoms with E-state index in [4.69, 9.17) is 0 Å². The molecule has 1 rings (SSSR count). The summed E-state index contributed by atoms with van der Waals surface area (Å²) in [5, 5.41) is 7.46. The van der Waals surface area contributed by atoms with Crippen molar-refractivity contribution < 1.29 is 0 Å². The van der Waals surface area contributed by atoms with Gasteiger partial charge >= 0.3 is 0 Å². The number of nitrogens with one attached hydrogen (secondary N) is 1. The fraction of sp³-hybridized carbons (Fsp3) is 0.818. The first-order valence-electron chi connectivity index (χ1n) is 5.68. The standard InChI is InChI=1S/C11H22N4/c1-5-12-7-10(3)9(2)6-11-13-8-14-15(11)4/h8-10,12H,5-7H2,1-4H3. The molecule has 4 nitrogen and oxygen atoms in total. The highest BCUT2D eigenvalue weighted by Crippen LogP contribution is 2.14. The predicted molar refractivity (Wildman–Crippen MR) is 61.6 cm³/mol. The first kappa shape index (κ1) is 12.2. The highest BCUT2D eigenvalue weighted by Gasteiger charge is 2.14. The zero-order valence-corrected chi connectivity index (χ0v) is 10.2. The number of aryl methyl sites for hydroxylation is 1. The van der Waals surface area contributed by atoms with Crippen molar-refractivity contribution in [3.8, 4) is 0 Å². The lowest BCUT2D eigenvalue weighted by Crippen LogP contribution is -2.26. The Labute approximate surface area is 92.1 Å². The van der Waals surface area contributed by atoms with E-state index in [1.807, 2.05) is 11.7 Å². The number of aromatic nitrogens is 3. The number of rotatable bonds is 6. The second-order valence-electron chi connectivity index (χ2n) is 4.27. The number of hydrogen-bond acceptors (Lipinski definition) is 3. The summed E-state index contributed by atoms with van der Waals surface area (Å²) < 4.78 is 1.86. The Morgan fingerprint density at radius 3 is 2.67 bits per heavy atom. The van der Waals surface area contributed by atoms with Crippen molar-refractivity contribution >= 4 is 0 Å². The van der Waals surface area contributed by atoms with Gasteiger partial charge in [-0.05, 0) is 24.9 Å². The van der Waals surface area contributed by atoms with Crippen LogP contribution in [-0.2, 0) is 13.5 Å². The van der Waals surface area contributed by atoms with Crippen LogP contribution in [0.2, 0.25) is 0 Å². The molecule has 15 heavy (non-hydrogen) atoms. The Morgan fingerprint density at radius 1 is 1.40 bits per heavy atom. The average molecular weight is 210 g/mol. The monoisotopic (exact) mass is 210 g/mol. The summed E-state index contributed by atoms with van der Waals surface area (Å²) in [4.78, 5) is 4.25. The largest absolute Gasteiger partial charge is 0.317 e. The van der Waals surface area contributed by atoms with E-state index in [1.54, 1.807) is 6.33 Å². The van der Waals surface area contributed by atoms with Crippen LogP contribution in [0.3, 0.4) is 0 Å². The third-order valence-corrected chi connectivity index (χ3v) is 3.00. The highest BCUT2D eigenvalue weighted by atomic mass is 15.3. The minimum absolute atomic E-state index is 0.631. The summed E-state index contributed by atoms with van der Waals surface area (Å²) in [6.07, 6.45) is 2.63. The minimum atomic E-state index is 0.631. The summed E-state index contributed by atoms with van der Waals surface area (Å²) in [6, 6.07) is 0. The van der Waals surface area contributed by atoms with E-state index in [9.17, 15) is 0 Å². The van der Waals surface area contributed by atoms with E-state index in [2.05, 4.69) is 36.2 Å². The molecule has 0 aliphatic carbocycles. The lowest BCUT2D eigenvalue weighted by molar-refractivity contribution is 0.359. The smallest absolute Gasteiger partial charge is 0.138 e. The molecule has 2 unspecified atom stereocenters. The summed E-state index contributed by atoms with van der Waals surface area (Å²) in [5.41, 5.74) is 0. The van der Waals surface area contributed by atoms with Crippen LogP contribution in [0.4, 0.5) is 0 Å². The molecule has 0 aromatic carbocycles. The van der Waals surface area contributed by atoms with E-state index < -0.39 is 0 Å². The summed E-state index contributed by atoms with van der Waals surface area (Å²) in [6.45, 7) is 8.82. The van der Waals surface area contributed by atoms with Crippen LogP contribution >= 0.6 is 0 Å². The van der Waals surface area contributed by atoms with Crippen LogP contribution in [0.25, 0.3) is 0 Å². The quantitative estimate of drug-likeness (QED) is 0.768. The molecule has 1 N–H and O–H groups in total. The van der Waals surface area contributed by atoms with Crippen molar-refractivity contribution in [2.45, 2.75) is 27.2 Å². The highest BCUT2D eigenvalue weighted by molar-refractivity contribution is 4.86. The first-order valence-corrected chi connectivity index (χ1v) is 5.68. The fourth-order valence-electron chi connectivity index (χ4n) is 1.57. The molecule has 0 aliphatic rings. The fourth-order valence-corrected chi connectivity index (χ4v) is 1.57. The molecular formula is C11H22N4. The molecule has 0 amide bonds. The topological polar surface area (TPSA) is 42.7 Å². The summed E-state index contributed by atoms with van der Waals surface area (Å²) >= 11 is 0. The molecule has 0 bridgehead atoms. The average Bonchev–Trinajstić information content (AvgIpc) is 2.61. The maximum absolute atomic E-state index is 4.25. The van der Waals surface area contributed by atoms with Gasteiger partial charge in [-0.25, -0.2) is 4.98 Å². The molecule has 2 atom stereocenters. The van der Waals surface area contributed by atoms with E-state index in [1.165, 1.54) is 0 Å². The van der Waals surface area contributed by atoms with Crippen LogP contribution in [0.5, 0.6) is 0 Å². The van der Waals surface area contributed by atoms with Crippen molar-refractivity contribution in [2.75, 3.05) is 13.1 Å². The van der Waals surface area contributed by atoms with Gasteiger partial charge in [-0.15, -0.1) is 0 Å².